The summed E-state index contributed by atoms with van der Waals surface area (Å²) in [7, 11) is 9.62. The summed E-state index contributed by atoms with van der Waals surface area (Å²) >= 11 is 6.20. The lowest BCUT2D eigenvalue weighted by Crippen LogP contribution is -2.60. The van der Waals surface area contributed by atoms with Gasteiger partial charge in [0.25, 0.3) is 0 Å². The van der Waals surface area contributed by atoms with Crippen LogP contribution in [0.15, 0.2) is 78.9 Å². The maximum atomic E-state index is 15.1. The van der Waals surface area contributed by atoms with Crippen molar-refractivity contribution in [1.29, 1.82) is 0 Å². The minimum Gasteiger partial charge on any atom is -0.351 e. The highest BCUT2D eigenvalue weighted by atomic mass is 35.5. The van der Waals surface area contributed by atoms with Gasteiger partial charge < -0.3 is 55.1 Å². The molecular formula is C65H89ClF3N11O11. The number of rotatable bonds is 10. The fourth-order valence-electron chi connectivity index (χ4n) is 11.2. The van der Waals surface area contributed by atoms with Gasteiger partial charge in [-0.2, -0.15) is 13.2 Å². The molecule has 2 heterocycles. The number of halogens is 4. The summed E-state index contributed by atoms with van der Waals surface area (Å²) in [6.07, 6.45) is -4.35. The van der Waals surface area contributed by atoms with Crippen LogP contribution in [0.2, 0.25) is 5.02 Å². The van der Waals surface area contributed by atoms with Gasteiger partial charge in [0.1, 0.15) is 42.3 Å². The van der Waals surface area contributed by atoms with E-state index >= 15 is 14.4 Å². The number of hydrogen-bond acceptors (Lipinski definition) is 11. The van der Waals surface area contributed by atoms with Gasteiger partial charge in [-0.1, -0.05) is 100 Å². The van der Waals surface area contributed by atoms with Crippen molar-refractivity contribution in [2.45, 2.75) is 147 Å². The first-order chi connectivity index (χ1) is 42.7. The molecule has 9 atom stereocenters. The Kier molecular flexibility index (Phi) is 26.5. The molecule has 5 rings (SSSR count). The molecule has 0 spiro atoms. The number of nitrogens with zero attached hydrogens (tertiary/aromatic N) is 8. The highest BCUT2D eigenvalue weighted by Gasteiger charge is 2.44. The van der Waals surface area contributed by atoms with Crippen LogP contribution in [0.5, 0.6) is 0 Å². The molecule has 0 aromatic heterocycles. The summed E-state index contributed by atoms with van der Waals surface area (Å²) in [5.41, 5.74) is 0.717. The van der Waals surface area contributed by atoms with Crippen molar-refractivity contribution >= 4 is 76.6 Å². The third kappa shape index (κ3) is 19.7. The Bertz CT molecular complexity index is 3090. The van der Waals surface area contributed by atoms with Gasteiger partial charge in [-0.25, -0.2) is 0 Å². The molecule has 2 aliphatic heterocycles. The van der Waals surface area contributed by atoms with E-state index in [0.29, 0.717) is 34.6 Å². The van der Waals surface area contributed by atoms with Crippen molar-refractivity contribution in [3.8, 4) is 0 Å². The van der Waals surface area contributed by atoms with E-state index in [1.165, 1.54) is 88.0 Å². The summed E-state index contributed by atoms with van der Waals surface area (Å²) < 4.78 is 40.9. The normalized spacial score (nSPS) is 24.4. The zero-order valence-corrected chi connectivity index (χ0v) is 55.1. The maximum absolute atomic E-state index is 15.1. The molecule has 0 aliphatic carbocycles. The highest BCUT2D eigenvalue weighted by Crippen LogP contribution is 2.30. The third-order valence-corrected chi connectivity index (χ3v) is 17.5. The summed E-state index contributed by atoms with van der Waals surface area (Å²) in [5.74, 6) is -8.40. The number of carbonyl (C=O) groups excluding carboxylic acids is 11. The predicted octanol–water partition coefficient (Wildman–Crippen LogP) is 4.05. The van der Waals surface area contributed by atoms with E-state index in [0.717, 1.165) is 31.7 Å². The van der Waals surface area contributed by atoms with Crippen molar-refractivity contribution in [3.63, 3.8) is 0 Å². The first kappa shape index (κ1) is 73.6. The summed E-state index contributed by atoms with van der Waals surface area (Å²) in [4.78, 5) is 168. The minimum absolute atomic E-state index is 0.0232. The van der Waals surface area contributed by atoms with Crippen molar-refractivity contribution in [2.24, 2.45) is 11.8 Å². The quantitative estimate of drug-likeness (QED) is 0.261. The van der Waals surface area contributed by atoms with Gasteiger partial charge in [-0.3, -0.25) is 52.7 Å². The average Bonchev–Trinajstić information content (AvgIpc) is 1.93. The number of alkyl halides is 3. The molecule has 1 unspecified atom stereocenters. The molecule has 3 aromatic rings. The largest absolute Gasteiger partial charge is 0.416 e. The molecule has 498 valence electrons. The van der Waals surface area contributed by atoms with Crippen LogP contribution in [0.4, 0.5) is 13.2 Å². The predicted molar refractivity (Wildman–Crippen MR) is 335 cm³/mol. The van der Waals surface area contributed by atoms with Gasteiger partial charge in [0.2, 0.25) is 65.0 Å². The van der Waals surface area contributed by atoms with E-state index in [1.807, 2.05) is 6.92 Å². The summed E-state index contributed by atoms with van der Waals surface area (Å²) in [5, 5.41) is 8.73. The van der Waals surface area contributed by atoms with E-state index in [4.69, 9.17) is 11.6 Å². The van der Waals surface area contributed by atoms with E-state index < -0.39 is 157 Å². The Morgan fingerprint density at radius 3 is 1.71 bits per heavy atom. The zero-order chi connectivity index (χ0) is 67.9. The number of aryl methyl sites for hydroxylation is 1. The lowest BCUT2D eigenvalue weighted by Gasteiger charge is -2.38. The number of benzene rings is 3. The molecule has 26 heteroatoms. The third-order valence-electron chi connectivity index (χ3n) is 17.3. The van der Waals surface area contributed by atoms with Gasteiger partial charge in [0.15, 0.2) is 0 Å². The molecule has 2 fully saturated rings. The average molecular weight is 1290 g/mol. The van der Waals surface area contributed by atoms with E-state index in [9.17, 15) is 51.5 Å². The van der Waals surface area contributed by atoms with E-state index in [2.05, 4.69) is 16.0 Å². The van der Waals surface area contributed by atoms with Gasteiger partial charge >= 0.3 is 6.18 Å². The number of nitrogens with one attached hydrogen (secondary N) is 3. The molecule has 2 saturated heterocycles. The standard InChI is InChI=1S/C65H89ClF3N11O11/c1-14-40(4)56-64(91)75(9)37-54(83)73(7)38-55(84)77(11)50(35-45-24-29-47(66)30-25-45)61(88)74(8)36-52(81)71-48(31-26-43-22-27-46(28-23-43)65(67,68)69)60(87)80-32-18-21-49(80)62(89)78(12)51(34-44-19-16-15-17-20-44)63(90)79(13)57(39(2)3)59(86)70-41(5)33-53(82)76(10)42(6)58(85)72-56/h15-17,19-20,22-25,27-30,39-42,48-51,56-57H,14,18,21,26,31-38H2,1-13H3,(H,70,86)(H,71,81)(H,72,85)/t40?,41-,42+,48+,49+,50+,51+,56+,57+/m1/s1. The van der Waals surface area contributed by atoms with Crippen LogP contribution < -0.4 is 16.0 Å². The monoisotopic (exact) mass is 1290 g/mol. The highest BCUT2D eigenvalue weighted by molar-refractivity contribution is 6.30. The number of likely N-dealkylation sites (N-methyl/N-ethyl adjacent to an activating group) is 7. The fraction of sp³-hybridized carbons (Fsp3) is 0.554. The molecule has 3 aromatic carbocycles. The SMILES string of the molecule is CCC(C)[C@@H]1NC(=O)[C@H](C)N(C)C(=O)C[C@@H](C)NC(=O)[C@H](C(C)C)N(C)C(=O)[C@H](Cc2ccccc2)N(C)C(=O)[C@@H]2CCCN2C(=O)[C@H](CCc2ccc(C(F)(F)F)cc2)NC(=O)CN(C)C(=O)[C@H](Cc2ccc(Cl)cc2)N(C)C(=O)CN(C)C(=O)CN(C)C1=O. The van der Waals surface area contributed by atoms with Gasteiger partial charge in [0.05, 0.1) is 25.2 Å². The van der Waals surface area contributed by atoms with Crippen molar-refractivity contribution in [2.75, 3.05) is 75.5 Å². The fourth-order valence-corrected chi connectivity index (χ4v) is 11.3. The number of amides is 11. The Hall–Kier alpha value is -8.09. The smallest absolute Gasteiger partial charge is 0.351 e. The van der Waals surface area contributed by atoms with Crippen molar-refractivity contribution in [3.05, 3.63) is 106 Å². The molecule has 91 heavy (non-hydrogen) atoms. The Morgan fingerprint density at radius 1 is 0.571 bits per heavy atom. The first-order valence-corrected chi connectivity index (χ1v) is 31.0. The molecule has 22 nitrogen and oxygen atoms in total. The minimum atomic E-state index is -4.63. The number of hydrogen-bond donors (Lipinski definition) is 3. The second kappa shape index (κ2) is 32.8. The molecule has 2 aliphatic rings. The molecular weight excluding hydrogens is 1200 g/mol. The van der Waals surface area contributed by atoms with Gasteiger partial charge in [0, 0.05) is 86.2 Å². The van der Waals surface area contributed by atoms with E-state index in [1.54, 1.807) is 82.3 Å². The van der Waals surface area contributed by atoms with Crippen LogP contribution in [0.1, 0.15) is 95.9 Å². The van der Waals surface area contributed by atoms with E-state index in [-0.39, 0.29) is 45.1 Å². The maximum Gasteiger partial charge on any atom is 0.416 e. The summed E-state index contributed by atoms with van der Waals surface area (Å²) in [6, 6.07) is 10.2. The van der Waals surface area contributed by atoms with Crippen molar-refractivity contribution < 1.29 is 65.9 Å². The molecule has 3 N–H and O–H groups in total. The van der Waals surface area contributed by atoms with Crippen LogP contribution in [0.25, 0.3) is 0 Å². The van der Waals surface area contributed by atoms with Crippen LogP contribution in [-0.2, 0) is 78.2 Å². The second-order valence-electron chi connectivity index (χ2n) is 24.5. The number of fused-ring (bicyclic) bond motifs is 1. The lowest BCUT2D eigenvalue weighted by atomic mass is 9.97. The molecule has 11 amide bonds. The van der Waals surface area contributed by atoms with Crippen molar-refractivity contribution in [1.82, 2.24) is 55.1 Å². The Balaban J connectivity index is 1.57. The Labute approximate surface area is 536 Å². The van der Waals surface area contributed by atoms with Crippen LogP contribution in [0, 0.1) is 11.8 Å². The molecule has 0 saturated carbocycles. The number of carbonyl (C=O) groups is 11. The van der Waals surface area contributed by atoms with Crippen LogP contribution >= 0.6 is 11.6 Å². The second-order valence-corrected chi connectivity index (χ2v) is 24.9. The molecule has 0 bridgehead atoms. The van der Waals surface area contributed by atoms with Gasteiger partial charge in [-0.05, 0) is 92.3 Å². The molecule has 0 radical (unpaired) electrons. The van der Waals surface area contributed by atoms with Gasteiger partial charge in [-0.15, -0.1) is 0 Å². The first-order valence-electron chi connectivity index (χ1n) is 30.6. The van der Waals surface area contributed by atoms with Crippen LogP contribution in [-0.4, -0.2) is 228 Å². The van der Waals surface area contributed by atoms with Crippen LogP contribution in [0.3, 0.4) is 0 Å². The summed E-state index contributed by atoms with van der Waals surface area (Å²) in [6.45, 7) is 8.31. The lowest BCUT2D eigenvalue weighted by molar-refractivity contribution is -0.152. The Morgan fingerprint density at radius 2 is 1.13 bits per heavy atom. The zero-order valence-electron chi connectivity index (χ0n) is 54.3. The topological polar surface area (TPSA) is 250 Å².